The van der Waals surface area contributed by atoms with E-state index in [1.54, 1.807) is 0 Å². The Morgan fingerprint density at radius 1 is 1.47 bits per heavy atom. The summed E-state index contributed by atoms with van der Waals surface area (Å²) in [6.45, 7) is 3.75. The molecule has 1 fully saturated rings. The van der Waals surface area contributed by atoms with Crippen LogP contribution in [0.25, 0.3) is 6.08 Å². The predicted molar refractivity (Wildman–Crippen MR) is 67.3 cm³/mol. The van der Waals surface area contributed by atoms with Crippen LogP contribution in [0.3, 0.4) is 0 Å². The van der Waals surface area contributed by atoms with E-state index in [1.165, 1.54) is 11.8 Å². The molecule has 0 bridgehead atoms. The molecule has 5 heteroatoms. The number of thioether (sulfide) groups is 1. The van der Waals surface area contributed by atoms with Crippen molar-refractivity contribution in [2.45, 2.75) is 11.7 Å². The monoisotopic (exact) mass is 245 g/mol. The van der Waals surface area contributed by atoms with Crippen molar-refractivity contribution in [2.75, 3.05) is 5.75 Å². The van der Waals surface area contributed by atoms with Gasteiger partial charge in [0.2, 0.25) is 5.91 Å². The topological polar surface area (TPSA) is 54.9 Å². The zero-order valence-electron chi connectivity index (χ0n) is 9.14. The van der Waals surface area contributed by atoms with Gasteiger partial charge in [-0.25, -0.2) is 0 Å². The van der Waals surface area contributed by atoms with Crippen molar-refractivity contribution in [2.24, 2.45) is 0 Å². The molecule has 0 radical (unpaired) electrons. The zero-order chi connectivity index (χ0) is 11.8. The van der Waals surface area contributed by atoms with Gasteiger partial charge in [0.05, 0.1) is 11.4 Å². The van der Waals surface area contributed by atoms with Crippen LogP contribution in [0.1, 0.15) is 22.2 Å². The molecule has 1 atom stereocenters. The molecule has 1 aliphatic carbocycles. The number of carbonyl (C=O) groups excluding carboxylic acids is 1. The van der Waals surface area contributed by atoms with Gasteiger partial charge in [-0.3, -0.25) is 4.79 Å². The molecule has 1 aromatic heterocycles. The first-order chi connectivity index (χ1) is 8.24. The van der Waals surface area contributed by atoms with Crippen molar-refractivity contribution >= 4 is 23.7 Å². The maximum Gasteiger partial charge on any atom is 0.243 e. The number of fused-ring (bicyclic) bond motifs is 1. The van der Waals surface area contributed by atoms with Gasteiger partial charge in [0, 0.05) is 17.9 Å². The molecule has 0 aromatic carbocycles. The largest absolute Gasteiger partial charge is 0.328 e. The number of carbonyl (C=O) groups is 1. The van der Waals surface area contributed by atoms with Crippen LogP contribution in [0.5, 0.6) is 0 Å². The Labute approximate surface area is 103 Å². The van der Waals surface area contributed by atoms with Crippen LogP contribution in [-0.4, -0.2) is 21.9 Å². The van der Waals surface area contributed by atoms with Gasteiger partial charge in [0.1, 0.15) is 5.25 Å². The Morgan fingerprint density at radius 2 is 2.35 bits per heavy atom. The Kier molecular flexibility index (Phi) is 2.48. The van der Waals surface area contributed by atoms with E-state index < -0.39 is 0 Å². The second-order valence-corrected chi connectivity index (χ2v) is 5.15. The number of rotatable bonds is 1. The molecule has 17 heavy (non-hydrogen) atoms. The normalized spacial score (nSPS) is 22.5. The highest BCUT2D eigenvalue weighted by Gasteiger charge is 2.28. The fourth-order valence-corrected chi connectivity index (χ4v) is 2.87. The molecule has 1 N–H and O–H groups in total. The van der Waals surface area contributed by atoms with Gasteiger partial charge < -0.3 is 5.32 Å². The van der Waals surface area contributed by atoms with Crippen molar-refractivity contribution in [1.29, 1.82) is 0 Å². The summed E-state index contributed by atoms with van der Waals surface area (Å²) in [5.74, 6) is 0.674. The van der Waals surface area contributed by atoms with Crippen molar-refractivity contribution in [3.8, 4) is 0 Å². The zero-order valence-corrected chi connectivity index (χ0v) is 9.96. The van der Waals surface area contributed by atoms with E-state index in [0.29, 0.717) is 0 Å². The van der Waals surface area contributed by atoms with Gasteiger partial charge in [0.15, 0.2) is 0 Å². The second kappa shape index (κ2) is 4.00. The molecule has 4 nitrogen and oxygen atoms in total. The van der Waals surface area contributed by atoms with Crippen molar-refractivity contribution in [3.63, 3.8) is 0 Å². The molecule has 1 amide bonds. The minimum atomic E-state index is -0.271. The van der Waals surface area contributed by atoms with Crippen molar-refractivity contribution < 1.29 is 4.79 Å². The Morgan fingerprint density at radius 3 is 3.18 bits per heavy atom. The average Bonchev–Trinajstić information content (AvgIpc) is 2.75. The molecule has 2 heterocycles. The summed E-state index contributed by atoms with van der Waals surface area (Å²) in [6, 6.07) is 1.96. The molecule has 1 saturated heterocycles. The first kappa shape index (κ1) is 10.5. The molecule has 0 saturated carbocycles. The standard InChI is InChI=1S/C12H11N3OS/c1-7-6-17-11(12(16)13-7)10-5-8-3-2-4-9(8)14-15-10/h2-3,5,11H,1,4,6H2,(H,13,16). The van der Waals surface area contributed by atoms with Crippen molar-refractivity contribution in [3.05, 3.63) is 41.4 Å². The lowest BCUT2D eigenvalue weighted by atomic mass is 10.2. The maximum absolute atomic E-state index is 11.8. The second-order valence-electron chi connectivity index (χ2n) is 4.06. The molecule has 3 rings (SSSR count). The van der Waals surface area contributed by atoms with Crippen LogP contribution in [0.15, 0.2) is 24.4 Å². The van der Waals surface area contributed by atoms with Crippen LogP contribution < -0.4 is 5.32 Å². The average molecular weight is 245 g/mol. The molecule has 2 aliphatic rings. The van der Waals surface area contributed by atoms with Gasteiger partial charge >= 0.3 is 0 Å². The van der Waals surface area contributed by atoms with E-state index in [4.69, 9.17) is 0 Å². The van der Waals surface area contributed by atoms with Crippen LogP contribution in [0.2, 0.25) is 0 Å². The van der Waals surface area contributed by atoms with Gasteiger partial charge in [-0.05, 0) is 11.6 Å². The number of nitrogens with one attached hydrogen (secondary N) is 1. The number of hydrogen-bond acceptors (Lipinski definition) is 4. The van der Waals surface area contributed by atoms with Gasteiger partial charge in [-0.1, -0.05) is 18.7 Å². The highest BCUT2D eigenvalue weighted by atomic mass is 32.2. The summed E-state index contributed by atoms with van der Waals surface area (Å²) in [7, 11) is 0. The molecule has 1 unspecified atom stereocenters. The lowest BCUT2D eigenvalue weighted by Crippen LogP contribution is -2.33. The summed E-state index contributed by atoms with van der Waals surface area (Å²) in [4.78, 5) is 11.8. The highest BCUT2D eigenvalue weighted by Crippen LogP contribution is 2.33. The fraction of sp³-hybridized carbons (Fsp3) is 0.250. The van der Waals surface area contributed by atoms with E-state index >= 15 is 0 Å². The van der Waals surface area contributed by atoms with Crippen LogP contribution in [-0.2, 0) is 11.2 Å². The van der Waals surface area contributed by atoms with Gasteiger partial charge in [-0.2, -0.15) is 10.2 Å². The summed E-state index contributed by atoms with van der Waals surface area (Å²) >= 11 is 1.54. The van der Waals surface area contributed by atoms with Crippen LogP contribution in [0, 0.1) is 0 Å². The molecule has 86 valence electrons. The SMILES string of the molecule is C=C1CSC(c2cc3c(nn2)CC=C3)C(=O)N1. The third-order valence-corrected chi connectivity index (χ3v) is 4.07. The number of nitrogens with zero attached hydrogens (tertiary/aromatic N) is 2. The highest BCUT2D eigenvalue weighted by molar-refractivity contribution is 8.00. The lowest BCUT2D eigenvalue weighted by molar-refractivity contribution is -0.120. The maximum atomic E-state index is 11.8. The van der Waals surface area contributed by atoms with E-state index in [9.17, 15) is 4.79 Å². The Balaban J connectivity index is 1.91. The van der Waals surface area contributed by atoms with E-state index in [0.717, 1.165) is 34.8 Å². The molecular weight excluding hydrogens is 234 g/mol. The minimum Gasteiger partial charge on any atom is -0.328 e. The fourth-order valence-electron chi connectivity index (χ4n) is 1.93. The number of amides is 1. The lowest BCUT2D eigenvalue weighted by Gasteiger charge is -2.22. The summed E-state index contributed by atoms with van der Waals surface area (Å²) in [6.07, 6.45) is 4.92. The number of aromatic nitrogens is 2. The third kappa shape index (κ3) is 1.86. The van der Waals surface area contributed by atoms with E-state index in [-0.39, 0.29) is 11.2 Å². The predicted octanol–water partition coefficient (Wildman–Crippen LogP) is 1.46. The van der Waals surface area contributed by atoms with Gasteiger partial charge in [0.25, 0.3) is 0 Å². The minimum absolute atomic E-state index is 0.0533. The Bertz CT molecular complexity index is 539. The number of allylic oxidation sites excluding steroid dienone is 1. The van der Waals surface area contributed by atoms with Crippen LogP contribution >= 0.6 is 11.8 Å². The quantitative estimate of drug-likeness (QED) is 0.814. The summed E-state index contributed by atoms with van der Waals surface area (Å²) in [5, 5.41) is 10.8. The molecular formula is C12H11N3OS. The van der Waals surface area contributed by atoms with Crippen LogP contribution in [0.4, 0.5) is 0 Å². The van der Waals surface area contributed by atoms with Crippen molar-refractivity contribution in [1.82, 2.24) is 15.5 Å². The summed E-state index contributed by atoms with van der Waals surface area (Å²) < 4.78 is 0. The first-order valence-electron chi connectivity index (χ1n) is 5.37. The number of hydrogen-bond donors (Lipinski definition) is 1. The van der Waals surface area contributed by atoms with Gasteiger partial charge in [-0.15, -0.1) is 11.8 Å². The Hall–Kier alpha value is -1.62. The molecule has 1 aliphatic heterocycles. The first-order valence-corrected chi connectivity index (χ1v) is 6.42. The van der Waals surface area contributed by atoms with E-state index in [1.807, 2.05) is 12.1 Å². The third-order valence-electron chi connectivity index (χ3n) is 2.76. The molecule has 1 aromatic rings. The van der Waals surface area contributed by atoms with E-state index in [2.05, 4.69) is 28.2 Å². The molecule has 0 spiro atoms. The smallest absolute Gasteiger partial charge is 0.243 e. The summed E-state index contributed by atoms with van der Waals surface area (Å²) in [5.41, 5.74) is 3.54.